The minimum absolute atomic E-state index is 0.0738. The lowest BCUT2D eigenvalue weighted by atomic mass is 9.45. The Morgan fingerprint density at radius 1 is 1.21 bits per heavy atom. The number of rotatable bonds is 3. The van der Waals surface area contributed by atoms with Gasteiger partial charge in [-0.15, -0.1) is 0 Å². The Morgan fingerprint density at radius 3 is 2.54 bits per heavy atom. The van der Waals surface area contributed by atoms with E-state index in [9.17, 15) is 4.79 Å². The van der Waals surface area contributed by atoms with Crippen molar-refractivity contribution < 1.29 is 4.79 Å². The maximum absolute atomic E-state index is 13.0. The summed E-state index contributed by atoms with van der Waals surface area (Å²) >= 11 is 0. The zero-order chi connectivity index (χ0) is 20.5. The van der Waals surface area contributed by atoms with Gasteiger partial charge in [-0.05, 0) is 60.4 Å². The van der Waals surface area contributed by atoms with Crippen molar-refractivity contribution in [3.05, 3.63) is 10.4 Å². The molecule has 7 heteroatoms. The molecular weight excluding hydrogens is 352 g/mol. The number of hydrogen-bond acceptors (Lipinski definition) is 3. The first kappa shape index (κ1) is 21.3. The summed E-state index contributed by atoms with van der Waals surface area (Å²) in [6, 6.07) is 0.214. The lowest BCUT2D eigenvalue weighted by molar-refractivity contribution is -0.101. The fraction of sp³-hybridized carbons (Fsp3) is 0.952. The molecule has 1 saturated heterocycles. The van der Waals surface area contributed by atoms with Crippen LogP contribution in [-0.2, 0) is 0 Å². The predicted molar refractivity (Wildman–Crippen MR) is 112 cm³/mol. The van der Waals surface area contributed by atoms with Gasteiger partial charge in [0.05, 0.1) is 0 Å². The Hall–Kier alpha value is -1.46. The lowest BCUT2D eigenvalue weighted by Gasteiger charge is -2.61. The molecule has 5 atom stereocenters. The van der Waals surface area contributed by atoms with E-state index in [-0.39, 0.29) is 22.9 Å². The van der Waals surface area contributed by atoms with Crippen LogP contribution in [0.2, 0.25) is 0 Å². The van der Waals surface area contributed by atoms with Crippen molar-refractivity contribution in [1.29, 1.82) is 0 Å². The summed E-state index contributed by atoms with van der Waals surface area (Å²) in [5.41, 5.74) is 9.37. The summed E-state index contributed by atoms with van der Waals surface area (Å²) in [4.78, 5) is 20.2. The zero-order valence-electron chi connectivity index (χ0n) is 18.3. The topological polar surface area (TPSA) is 84.3 Å². The maximum Gasteiger partial charge on any atom is 0.317 e. The highest BCUT2D eigenvalue weighted by Crippen LogP contribution is 2.61. The highest BCUT2D eigenvalue weighted by atomic mass is 16.2. The minimum atomic E-state index is 0.0738. The number of likely N-dealkylation sites (N-methyl/N-ethyl adjacent to an activating group) is 1. The molecule has 3 aliphatic rings. The first-order valence-electron chi connectivity index (χ1n) is 10.9. The van der Waals surface area contributed by atoms with Gasteiger partial charge >= 0.3 is 6.03 Å². The van der Waals surface area contributed by atoms with Crippen molar-refractivity contribution in [2.75, 3.05) is 39.8 Å². The van der Waals surface area contributed by atoms with E-state index in [1.165, 1.54) is 19.3 Å². The molecule has 1 heterocycles. The average Bonchev–Trinajstić information content (AvgIpc) is 2.63. The van der Waals surface area contributed by atoms with Crippen LogP contribution in [0.15, 0.2) is 5.11 Å². The molecule has 7 nitrogen and oxygen atoms in total. The number of piperazine rings is 1. The van der Waals surface area contributed by atoms with Crippen molar-refractivity contribution in [1.82, 2.24) is 15.1 Å². The molecule has 2 aliphatic carbocycles. The number of hydrogen-bond donors (Lipinski definition) is 1. The Balaban J connectivity index is 1.79. The van der Waals surface area contributed by atoms with Gasteiger partial charge in [-0.1, -0.05) is 39.2 Å². The van der Waals surface area contributed by atoms with E-state index in [4.69, 9.17) is 5.53 Å². The summed E-state index contributed by atoms with van der Waals surface area (Å²) in [6.45, 7) is 13.4. The Labute approximate surface area is 169 Å². The normalized spacial score (nSPS) is 38.2. The van der Waals surface area contributed by atoms with E-state index in [2.05, 4.69) is 55.0 Å². The quantitative estimate of drug-likeness (QED) is 0.447. The summed E-state index contributed by atoms with van der Waals surface area (Å²) in [6.07, 6.45) is 4.68. The molecule has 1 unspecified atom stereocenters. The molecular formula is C21H38N6O. The van der Waals surface area contributed by atoms with E-state index in [1.807, 2.05) is 4.90 Å². The summed E-state index contributed by atoms with van der Waals surface area (Å²) in [7, 11) is 2.10. The number of carbonyl (C=O) groups is 1. The number of azide groups is 1. The molecule has 0 aromatic rings. The second-order valence-corrected chi connectivity index (χ2v) is 10.4. The molecule has 0 aromatic carbocycles. The Kier molecular flexibility index (Phi) is 6.16. The van der Waals surface area contributed by atoms with E-state index >= 15 is 0 Å². The SMILES string of the molecule is C[C@@H]1[C@H](NC(=O)N2CCN(C)CC2)CC2C(C)(C)CCC[C@]2(C)[C@H]1CN=[N+]=[N-]. The number of carbonyl (C=O) groups excluding carboxylic acids is 1. The second-order valence-electron chi connectivity index (χ2n) is 10.4. The van der Waals surface area contributed by atoms with Gasteiger partial charge < -0.3 is 15.1 Å². The number of urea groups is 1. The summed E-state index contributed by atoms with van der Waals surface area (Å²) in [5, 5.41) is 7.37. The summed E-state index contributed by atoms with van der Waals surface area (Å²) in [5.74, 6) is 1.14. The molecule has 0 aromatic heterocycles. The fourth-order valence-electron chi connectivity index (χ4n) is 6.50. The van der Waals surface area contributed by atoms with Gasteiger partial charge in [0.1, 0.15) is 0 Å². The standard InChI is InChI=1S/C21H38N6O/c1-15-16(14-23-25-22)21(4)8-6-7-20(2,3)18(21)13-17(15)24-19(28)27-11-9-26(5)10-12-27/h15-18H,6-14H2,1-5H3,(H,24,28)/t15-,16-,17+,18?,21+/m0/s1. The minimum Gasteiger partial charge on any atom is -0.335 e. The fourth-order valence-corrected chi connectivity index (χ4v) is 6.50. The third kappa shape index (κ3) is 3.97. The monoisotopic (exact) mass is 390 g/mol. The molecule has 158 valence electrons. The van der Waals surface area contributed by atoms with Gasteiger partial charge in [-0.2, -0.15) is 0 Å². The average molecular weight is 391 g/mol. The first-order valence-corrected chi connectivity index (χ1v) is 10.9. The van der Waals surface area contributed by atoms with Crippen molar-refractivity contribution in [3.8, 4) is 0 Å². The second kappa shape index (κ2) is 8.11. The molecule has 3 fully saturated rings. The van der Waals surface area contributed by atoms with Crippen LogP contribution in [0.3, 0.4) is 0 Å². The van der Waals surface area contributed by atoms with Crippen LogP contribution in [0.4, 0.5) is 4.79 Å². The molecule has 0 radical (unpaired) electrons. The van der Waals surface area contributed by atoms with Gasteiger partial charge in [-0.25, -0.2) is 4.79 Å². The number of amides is 2. The molecule has 28 heavy (non-hydrogen) atoms. The smallest absolute Gasteiger partial charge is 0.317 e. The van der Waals surface area contributed by atoms with Crippen LogP contribution in [0.5, 0.6) is 0 Å². The molecule has 2 saturated carbocycles. The third-order valence-corrected chi connectivity index (χ3v) is 8.32. The largest absolute Gasteiger partial charge is 0.335 e. The first-order chi connectivity index (χ1) is 13.2. The van der Waals surface area contributed by atoms with Crippen molar-refractivity contribution >= 4 is 6.03 Å². The van der Waals surface area contributed by atoms with Gasteiger partial charge in [0.2, 0.25) is 0 Å². The highest BCUT2D eigenvalue weighted by Gasteiger charge is 2.56. The van der Waals surface area contributed by atoms with Crippen molar-refractivity contribution in [2.45, 2.75) is 59.4 Å². The Morgan fingerprint density at radius 2 is 1.89 bits per heavy atom. The number of nitrogens with one attached hydrogen (secondary N) is 1. The highest BCUT2D eigenvalue weighted by molar-refractivity contribution is 5.74. The van der Waals surface area contributed by atoms with E-state index in [1.54, 1.807) is 0 Å². The Bertz CT molecular complexity index is 622. The van der Waals surface area contributed by atoms with Gasteiger partial charge in [0.25, 0.3) is 0 Å². The van der Waals surface area contributed by atoms with Crippen LogP contribution >= 0.6 is 0 Å². The van der Waals surface area contributed by atoms with Crippen molar-refractivity contribution in [2.24, 2.45) is 33.7 Å². The van der Waals surface area contributed by atoms with Crippen molar-refractivity contribution in [3.63, 3.8) is 0 Å². The maximum atomic E-state index is 13.0. The molecule has 1 N–H and O–H groups in total. The molecule has 3 rings (SSSR count). The molecule has 2 amide bonds. The van der Waals surface area contributed by atoms with Crippen LogP contribution < -0.4 is 5.32 Å². The molecule has 1 aliphatic heterocycles. The summed E-state index contributed by atoms with van der Waals surface area (Å²) < 4.78 is 0. The number of fused-ring (bicyclic) bond motifs is 1. The number of nitrogens with zero attached hydrogens (tertiary/aromatic N) is 5. The molecule has 0 spiro atoms. The van der Waals surface area contributed by atoms with E-state index in [0.29, 0.717) is 24.3 Å². The molecule has 0 bridgehead atoms. The van der Waals surface area contributed by atoms with Crippen LogP contribution in [0.1, 0.15) is 53.4 Å². The van der Waals surface area contributed by atoms with Gasteiger partial charge in [-0.3, -0.25) is 0 Å². The van der Waals surface area contributed by atoms with Crippen LogP contribution in [0, 0.1) is 28.6 Å². The third-order valence-electron chi connectivity index (χ3n) is 8.32. The van der Waals surface area contributed by atoms with E-state index < -0.39 is 0 Å². The van der Waals surface area contributed by atoms with Crippen LogP contribution in [-0.4, -0.2) is 61.6 Å². The van der Waals surface area contributed by atoms with Crippen LogP contribution in [0.25, 0.3) is 10.4 Å². The predicted octanol–water partition coefficient (Wildman–Crippen LogP) is 4.11. The van der Waals surface area contributed by atoms with Gasteiger partial charge in [0.15, 0.2) is 0 Å². The lowest BCUT2D eigenvalue weighted by Crippen LogP contribution is -2.61. The van der Waals surface area contributed by atoms with E-state index in [0.717, 1.165) is 32.6 Å². The van der Waals surface area contributed by atoms with Gasteiger partial charge in [0, 0.05) is 43.7 Å². The zero-order valence-corrected chi connectivity index (χ0v) is 18.3.